The van der Waals surface area contributed by atoms with Gasteiger partial charge >= 0.3 is 0 Å². The SMILES string of the molecule is CCC(C)CC1(CN)CCC(C)(C)CC1. The molecule has 1 fully saturated rings. The van der Waals surface area contributed by atoms with Crippen molar-refractivity contribution in [3.8, 4) is 0 Å². The second-order valence-electron chi connectivity index (χ2n) is 6.59. The highest BCUT2D eigenvalue weighted by Gasteiger charge is 2.37. The molecule has 2 N–H and O–H groups in total. The highest BCUT2D eigenvalue weighted by molar-refractivity contribution is 4.90. The fourth-order valence-electron chi connectivity index (χ4n) is 2.83. The predicted octanol–water partition coefficient (Wildman–Crippen LogP) is 3.97. The van der Waals surface area contributed by atoms with Crippen molar-refractivity contribution < 1.29 is 0 Å². The fourth-order valence-corrected chi connectivity index (χ4v) is 2.83. The first-order chi connectivity index (χ1) is 6.93. The van der Waals surface area contributed by atoms with Crippen molar-refractivity contribution in [3.05, 3.63) is 0 Å². The summed E-state index contributed by atoms with van der Waals surface area (Å²) in [4.78, 5) is 0. The Morgan fingerprint density at radius 3 is 2.07 bits per heavy atom. The van der Waals surface area contributed by atoms with Crippen molar-refractivity contribution in [1.29, 1.82) is 0 Å². The van der Waals surface area contributed by atoms with E-state index >= 15 is 0 Å². The third-order valence-corrected chi connectivity index (χ3v) is 4.58. The lowest BCUT2D eigenvalue weighted by atomic mass is 9.62. The average molecular weight is 211 g/mol. The maximum Gasteiger partial charge on any atom is -0.00204 e. The van der Waals surface area contributed by atoms with Gasteiger partial charge in [-0.1, -0.05) is 34.1 Å². The molecule has 0 aromatic heterocycles. The van der Waals surface area contributed by atoms with Gasteiger partial charge in [-0.15, -0.1) is 0 Å². The Morgan fingerprint density at radius 2 is 1.67 bits per heavy atom. The number of rotatable bonds is 4. The van der Waals surface area contributed by atoms with Crippen molar-refractivity contribution in [3.63, 3.8) is 0 Å². The molecule has 0 aliphatic heterocycles. The van der Waals surface area contributed by atoms with E-state index in [-0.39, 0.29) is 0 Å². The molecule has 1 unspecified atom stereocenters. The predicted molar refractivity (Wildman–Crippen MR) is 67.8 cm³/mol. The van der Waals surface area contributed by atoms with E-state index < -0.39 is 0 Å². The number of hydrogen-bond acceptors (Lipinski definition) is 1. The Bertz CT molecular complexity index is 186. The standard InChI is InChI=1S/C14H29N/c1-5-12(2)10-14(11-15)8-6-13(3,4)7-9-14/h12H,5-11,15H2,1-4H3. The largest absolute Gasteiger partial charge is 0.330 e. The van der Waals surface area contributed by atoms with Crippen LogP contribution in [-0.4, -0.2) is 6.54 Å². The molecule has 0 aromatic carbocycles. The molecule has 0 bridgehead atoms. The summed E-state index contributed by atoms with van der Waals surface area (Å²) in [5, 5.41) is 0. The maximum atomic E-state index is 6.03. The van der Waals surface area contributed by atoms with Crippen LogP contribution in [0.3, 0.4) is 0 Å². The van der Waals surface area contributed by atoms with Gasteiger partial charge in [-0.2, -0.15) is 0 Å². The molecule has 1 nitrogen and oxygen atoms in total. The molecule has 1 aliphatic carbocycles. The highest BCUT2D eigenvalue weighted by Crippen LogP contribution is 2.47. The van der Waals surface area contributed by atoms with Gasteiger partial charge in [0.1, 0.15) is 0 Å². The van der Waals surface area contributed by atoms with Crippen LogP contribution in [0.4, 0.5) is 0 Å². The Balaban J connectivity index is 2.56. The van der Waals surface area contributed by atoms with E-state index in [0.717, 1.165) is 12.5 Å². The molecule has 1 saturated carbocycles. The van der Waals surface area contributed by atoms with Gasteiger partial charge in [0, 0.05) is 0 Å². The summed E-state index contributed by atoms with van der Waals surface area (Å²) < 4.78 is 0. The van der Waals surface area contributed by atoms with Crippen molar-refractivity contribution >= 4 is 0 Å². The van der Waals surface area contributed by atoms with Gasteiger partial charge in [0.05, 0.1) is 0 Å². The third-order valence-electron chi connectivity index (χ3n) is 4.58. The monoisotopic (exact) mass is 211 g/mol. The topological polar surface area (TPSA) is 26.0 Å². The van der Waals surface area contributed by atoms with Crippen molar-refractivity contribution in [2.24, 2.45) is 22.5 Å². The Labute approximate surface area is 95.8 Å². The minimum atomic E-state index is 0.477. The maximum absolute atomic E-state index is 6.03. The summed E-state index contributed by atoms with van der Waals surface area (Å²) in [6.07, 6.45) is 8.06. The zero-order valence-corrected chi connectivity index (χ0v) is 11.1. The van der Waals surface area contributed by atoms with E-state index in [0.29, 0.717) is 10.8 Å². The Morgan fingerprint density at radius 1 is 1.13 bits per heavy atom. The molecule has 1 rings (SSSR count). The number of nitrogens with two attached hydrogens (primary N) is 1. The van der Waals surface area contributed by atoms with Crippen LogP contribution in [0.5, 0.6) is 0 Å². The zero-order valence-electron chi connectivity index (χ0n) is 11.1. The molecule has 0 spiro atoms. The van der Waals surface area contributed by atoms with Crippen LogP contribution in [-0.2, 0) is 0 Å². The minimum Gasteiger partial charge on any atom is -0.330 e. The van der Waals surface area contributed by atoms with Crippen LogP contribution in [0.25, 0.3) is 0 Å². The van der Waals surface area contributed by atoms with E-state index in [4.69, 9.17) is 5.73 Å². The summed E-state index contributed by atoms with van der Waals surface area (Å²) in [6.45, 7) is 10.4. The lowest BCUT2D eigenvalue weighted by Crippen LogP contribution is -2.38. The molecule has 0 amide bonds. The molecule has 0 radical (unpaired) electrons. The summed E-state index contributed by atoms with van der Waals surface area (Å²) in [5.41, 5.74) is 7.07. The van der Waals surface area contributed by atoms with Crippen molar-refractivity contribution in [2.75, 3.05) is 6.54 Å². The molecule has 90 valence electrons. The summed E-state index contributed by atoms with van der Waals surface area (Å²) in [6, 6.07) is 0. The quantitative estimate of drug-likeness (QED) is 0.748. The van der Waals surface area contributed by atoms with Gasteiger partial charge in [-0.05, 0) is 55.4 Å². The first-order valence-electron chi connectivity index (χ1n) is 6.63. The van der Waals surface area contributed by atoms with E-state index in [1.807, 2.05) is 0 Å². The second-order valence-corrected chi connectivity index (χ2v) is 6.59. The van der Waals surface area contributed by atoms with Crippen LogP contribution >= 0.6 is 0 Å². The lowest BCUT2D eigenvalue weighted by molar-refractivity contribution is 0.0843. The molecule has 1 aliphatic rings. The van der Waals surface area contributed by atoms with E-state index in [1.165, 1.54) is 38.5 Å². The van der Waals surface area contributed by atoms with E-state index in [9.17, 15) is 0 Å². The van der Waals surface area contributed by atoms with Gasteiger partial charge < -0.3 is 5.73 Å². The highest BCUT2D eigenvalue weighted by atomic mass is 14.6. The molecule has 0 heterocycles. The third kappa shape index (κ3) is 3.48. The second kappa shape index (κ2) is 4.86. The minimum absolute atomic E-state index is 0.477. The molecule has 0 aromatic rings. The molecular formula is C14H29N. The average Bonchev–Trinajstić information content (AvgIpc) is 2.22. The number of hydrogen-bond donors (Lipinski definition) is 1. The van der Waals surface area contributed by atoms with Gasteiger partial charge in [0.2, 0.25) is 0 Å². The lowest BCUT2D eigenvalue weighted by Gasteiger charge is -2.44. The zero-order chi connectivity index (χ0) is 11.5. The van der Waals surface area contributed by atoms with Crippen LogP contribution in [0.1, 0.15) is 66.2 Å². The smallest absolute Gasteiger partial charge is 0.00204 e. The fraction of sp³-hybridized carbons (Fsp3) is 1.00. The van der Waals surface area contributed by atoms with Crippen LogP contribution in [0.15, 0.2) is 0 Å². The molecular weight excluding hydrogens is 182 g/mol. The van der Waals surface area contributed by atoms with Crippen LogP contribution in [0, 0.1) is 16.7 Å². The van der Waals surface area contributed by atoms with Gasteiger partial charge in [0.25, 0.3) is 0 Å². The van der Waals surface area contributed by atoms with Gasteiger partial charge in [-0.25, -0.2) is 0 Å². The van der Waals surface area contributed by atoms with Crippen molar-refractivity contribution in [2.45, 2.75) is 66.2 Å². The molecule has 1 atom stereocenters. The first-order valence-corrected chi connectivity index (χ1v) is 6.63. The molecule has 1 heteroatoms. The molecule has 0 saturated heterocycles. The molecule has 15 heavy (non-hydrogen) atoms. The Kier molecular flexibility index (Phi) is 4.22. The van der Waals surface area contributed by atoms with Gasteiger partial charge in [-0.3, -0.25) is 0 Å². The Hall–Kier alpha value is -0.0400. The van der Waals surface area contributed by atoms with Crippen LogP contribution in [0.2, 0.25) is 0 Å². The first kappa shape index (κ1) is 13.0. The van der Waals surface area contributed by atoms with E-state index in [2.05, 4.69) is 27.7 Å². The summed E-state index contributed by atoms with van der Waals surface area (Å²) in [7, 11) is 0. The summed E-state index contributed by atoms with van der Waals surface area (Å²) in [5.74, 6) is 0.842. The van der Waals surface area contributed by atoms with Gasteiger partial charge in [0.15, 0.2) is 0 Å². The van der Waals surface area contributed by atoms with E-state index in [1.54, 1.807) is 0 Å². The normalized spacial score (nSPS) is 26.2. The van der Waals surface area contributed by atoms with Crippen molar-refractivity contribution in [1.82, 2.24) is 0 Å². The van der Waals surface area contributed by atoms with Crippen LogP contribution < -0.4 is 5.73 Å². The summed E-state index contributed by atoms with van der Waals surface area (Å²) >= 11 is 0.